The number of nitrogens with one attached hydrogen (secondary N) is 3. The van der Waals surface area contributed by atoms with E-state index in [1.54, 1.807) is 19.1 Å². The molecular formula is C22H20N6O7S2. The van der Waals surface area contributed by atoms with Gasteiger partial charge in [-0.2, -0.15) is 13.7 Å². The van der Waals surface area contributed by atoms with Crippen LogP contribution in [0.15, 0.2) is 64.6 Å². The van der Waals surface area contributed by atoms with Gasteiger partial charge in [0.05, 0.1) is 24.4 Å². The number of amides is 1. The number of hydrogen-bond donors (Lipinski definition) is 4. The number of benzene rings is 2. The number of ether oxygens (including phenoxy) is 1. The molecule has 1 amide bonds. The van der Waals surface area contributed by atoms with Crippen molar-refractivity contribution in [1.82, 2.24) is 9.45 Å². The number of hydrogen-bond acceptors (Lipinski definition) is 8. The summed E-state index contributed by atoms with van der Waals surface area (Å²) in [5.74, 6) is -1.07. The Bertz CT molecular complexity index is 1540. The lowest BCUT2D eigenvalue weighted by Crippen LogP contribution is -2.51. The normalized spacial score (nSPS) is 15.5. The number of carbonyl (C=O) groups excluding carboxylic acids is 1. The number of aliphatic imine (C=N–C) groups is 1. The van der Waals surface area contributed by atoms with E-state index in [1.165, 1.54) is 42.6 Å². The van der Waals surface area contributed by atoms with E-state index >= 15 is 0 Å². The molecule has 0 aliphatic carbocycles. The summed E-state index contributed by atoms with van der Waals surface area (Å²) in [6.07, 6.45) is -0.270. The fourth-order valence-electron chi connectivity index (χ4n) is 3.44. The van der Waals surface area contributed by atoms with Gasteiger partial charge in [-0.1, -0.05) is 6.07 Å². The van der Waals surface area contributed by atoms with Gasteiger partial charge in [0.15, 0.2) is 11.7 Å². The fraction of sp³-hybridized carbons (Fsp3) is 0.136. The number of nitriles is 1. The van der Waals surface area contributed by atoms with E-state index in [9.17, 15) is 17.4 Å². The van der Waals surface area contributed by atoms with Crippen LogP contribution in [-0.4, -0.2) is 51.6 Å². The van der Waals surface area contributed by atoms with Crippen molar-refractivity contribution < 1.29 is 31.5 Å². The van der Waals surface area contributed by atoms with Crippen molar-refractivity contribution in [2.45, 2.75) is 17.9 Å². The molecule has 15 heteroatoms. The maximum atomic E-state index is 13.6. The van der Waals surface area contributed by atoms with E-state index in [2.05, 4.69) is 20.0 Å². The van der Waals surface area contributed by atoms with Crippen LogP contribution in [0.1, 0.15) is 11.1 Å². The zero-order chi connectivity index (χ0) is 26.7. The SMILES string of the molecule is CON1C(C(Oc2ccc(C#N)cc2)C(=O)Nc2cc(NS(=O)O)ccc2C)=Nc2[nH]ccc2S1(=O)=O. The van der Waals surface area contributed by atoms with Crippen molar-refractivity contribution in [2.75, 3.05) is 17.1 Å². The van der Waals surface area contributed by atoms with Gasteiger partial charge < -0.3 is 15.0 Å². The van der Waals surface area contributed by atoms with Crippen LogP contribution in [0.4, 0.5) is 17.2 Å². The summed E-state index contributed by atoms with van der Waals surface area (Å²) in [6, 6.07) is 13.7. The number of aryl methyl sites for hydroxylation is 1. The standard InChI is InChI=1S/C22H20N6O7S2/c1-13-3-6-15(27-36(30)31)11-17(13)25-22(29)19(35-16-7-4-14(12-23)5-8-16)21-26-20-18(9-10-24-20)37(32,33)28(21)34-2/h3-11,19,24,27H,1-2H3,(H,25,29)(H,30,31). The molecule has 0 spiro atoms. The molecule has 13 nitrogen and oxygen atoms in total. The lowest BCUT2D eigenvalue weighted by Gasteiger charge is -2.30. The molecule has 1 aromatic heterocycles. The Labute approximate surface area is 214 Å². The zero-order valence-corrected chi connectivity index (χ0v) is 21.0. The van der Waals surface area contributed by atoms with Gasteiger partial charge in [0.1, 0.15) is 10.6 Å². The molecule has 2 aromatic carbocycles. The number of rotatable bonds is 8. The lowest BCUT2D eigenvalue weighted by molar-refractivity contribution is -0.121. The molecule has 2 atom stereocenters. The minimum Gasteiger partial charge on any atom is -0.472 e. The van der Waals surface area contributed by atoms with E-state index in [0.717, 1.165) is 7.11 Å². The molecule has 2 unspecified atom stereocenters. The Morgan fingerprint density at radius 2 is 1.97 bits per heavy atom. The maximum absolute atomic E-state index is 13.6. The molecule has 0 radical (unpaired) electrons. The highest BCUT2D eigenvalue weighted by molar-refractivity contribution is 7.89. The molecule has 4 N–H and O–H groups in total. The zero-order valence-electron chi connectivity index (χ0n) is 19.3. The summed E-state index contributed by atoms with van der Waals surface area (Å²) in [5.41, 5.74) is 1.46. The first-order valence-electron chi connectivity index (χ1n) is 10.5. The predicted octanol–water partition coefficient (Wildman–Crippen LogP) is 2.43. The number of nitrogens with zero attached hydrogens (tertiary/aromatic N) is 3. The topological polar surface area (TPSA) is 186 Å². The number of fused-ring (bicyclic) bond motifs is 1. The van der Waals surface area contributed by atoms with E-state index in [1.807, 2.05) is 6.07 Å². The third-order valence-corrected chi connectivity index (χ3v) is 7.24. The number of aromatic nitrogens is 1. The van der Waals surface area contributed by atoms with Gasteiger partial charge in [-0.15, -0.1) is 4.47 Å². The van der Waals surface area contributed by atoms with Crippen molar-refractivity contribution in [1.29, 1.82) is 5.26 Å². The second-order valence-electron chi connectivity index (χ2n) is 7.58. The van der Waals surface area contributed by atoms with Crippen molar-refractivity contribution >= 4 is 50.2 Å². The quantitative estimate of drug-likeness (QED) is 0.311. The molecule has 0 saturated heterocycles. The van der Waals surface area contributed by atoms with Gasteiger partial charge in [-0.05, 0) is 55.0 Å². The Morgan fingerprint density at radius 1 is 1.24 bits per heavy atom. The summed E-state index contributed by atoms with van der Waals surface area (Å²) in [4.78, 5) is 25.5. The van der Waals surface area contributed by atoms with Crippen molar-refractivity contribution in [3.63, 3.8) is 0 Å². The highest BCUT2D eigenvalue weighted by atomic mass is 32.2. The molecule has 0 bridgehead atoms. The molecule has 1 aliphatic heterocycles. The highest BCUT2D eigenvalue weighted by Gasteiger charge is 2.43. The summed E-state index contributed by atoms with van der Waals surface area (Å²) in [6.45, 7) is 1.70. The van der Waals surface area contributed by atoms with Crippen LogP contribution in [0.5, 0.6) is 5.75 Å². The van der Waals surface area contributed by atoms with Crippen molar-refractivity contribution in [2.24, 2.45) is 4.99 Å². The van der Waals surface area contributed by atoms with Gasteiger partial charge >= 0.3 is 0 Å². The smallest absolute Gasteiger partial charge is 0.291 e. The molecule has 4 rings (SSSR count). The first-order valence-corrected chi connectivity index (χ1v) is 13.0. The van der Waals surface area contributed by atoms with Crippen LogP contribution in [0, 0.1) is 18.3 Å². The van der Waals surface area contributed by atoms with E-state index in [4.69, 9.17) is 19.4 Å². The molecule has 3 aromatic rings. The molecule has 0 fully saturated rings. The maximum Gasteiger partial charge on any atom is 0.291 e. The van der Waals surface area contributed by atoms with Gasteiger partial charge in [-0.3, -0.25) is 18.9 Å². The van der Waals surface area contributed by atoms with Gasteiger partial charge in [0.2, 0.25) is 6.10 Å². The number of carbonyl (C=O) groups is 1. The average Bonchev–Trinajstić information content (AvgIpc) is 3.34. The van der Waals surface area contributed by atoms with Crippen molar-refractivity contribution in [3.05, 3.63) is 65.9 Å². The predicted molar refractivity (Wildman–Crippen MR) is 134 cm³/mol. The molecule has 37 heavy (non-hydrogen) atoms. The van der Waals surface area contributed by atoms with Crippen LogP contribution >= 0.6 is 0 Å². The molecule has 0 saturated carbocycles. The summed E-state index contributed by atoms with van der Waals surface area (Å²) >= 11 is -2.34. The third-order valence-electron chi connectivity index (χ3n) is 5.17. The minimum atomic E-state index is -4.25. The summed E-state index contributed by atoms with van der Waals surface area (Å²) in [7, 11) is -3.14. The largest absolute Gasteiger partial charge is 0.472 e. The molecule has 2 heterocycles. The Kier molecular flexibility index (Phi) is 7.27. The molecular weight excluding hydrogens is 524 g/mol. The third kappa shape index (κ3) is 5.32. The number of H-pyrrole nitrogens is 1. The van der Waals surface area contributed by atoms with Crippen LogP contribution in [0.25, 0.3) is 0 Å². The number of anilines is 2. The first kappa shape index (κ1) is 25.9. The number of hydroxylamine groups is 1. The van der Waals surface area contributed by atoms with Crippen molar-refractivity contribution in [3.8, 4) is 11.8 Å². The van der Waals surface area contributed by atoms with E-state index < -0.39 is 33.3 Å². The first-order chi connectivity index (χ1) is 17.6. The second kappa shape index (κ2) is 10.4. The Morgan fingerprint density at radius 3 is 2.62 bits per heavy atom. The van der Waals surface area contributed by atoms with Gasteiger partial charge in [0, 0.05) is 11.9 Å². The van der Waals surface area contributed by atoms with Crippen LogP contribution < -0.4 is 14.8 Å². The molecule has 1 aliphatic rings. The van der Waals surface area contributed by atoms with E-state index in [-0.39, 0.29) is 33.7 Å². The highest BCUT2D eigenvalue weighted by Crippen LogP contribution is 2.33. The average molecular weight is 545 g/mol. The van der Waals surface area contributed by atoms with E-state index in [0.29, 0.717) is 15.6 Å². The minimum absolute atomic E-state index is 0.0164. The summed E-state index contributed by atoms with van der Waals surface area (Å²) in [5, 5.41) is 11.7. The fourth-order valence-corrected chi connectivity index (χ4v) is 5.12. The monoisotopic (exact) mass is 544 g/mol. The number of aromatic amines is 1. The Balaban J connectivity index is 1.77. The Hall–Kier alpha value is -4.23. The lowest BCUT2D eigenvalue weighted by atomic mass is 10.1. The van der Waals surface area contributed by atoms with Crippen LogP contribution in [-0.2, 0) is 30.9 Å². The van der Waals surface area contributed by atoms with Gasteiger partial charge in [0.25, 0.3) is 27.2 Å². The number of sulfonamides is 1. The second-order valence-corrected chi connectivity index (χ2v) is 10.0. The van der Waals surface area contributed by atoms with Crippen LogP contribution in [0.3, 0.4) is 0 Å². The summed E-state index contributed by atoms with van der Waals surface area (Å²) < 4.78 is 55.2. The van der Waals surface area contributed by atoms with Crippen LogP contribution in [0.2, 0.25) is 0 Å². The van der Waals surface area contributed by atoms with Gasteiger partial charge in [-0.25, -0.2) is 9.20 Å². The molecule has 192 valence electrons. The number of amidine groups is 1.